The molecule has 0 radical (unpaired) electrons. The first-order chi connectivity index (χ1) is 19.0. The van der Waals surface area contributed by atoms with E-state index in [9.17, 15) is 14.7 Å². The molecule has 0 unspecified atom stereocenters. The summed E-state index contributed by atoms with van der Waals surface area (Å²) in [7, 11) is 1.75. The molecule has 2 heterocycles. The second-order valence-electron chi connectivity index (χ2n) is 9.81. The summed E-state index contributed by atoms with van der Waals surface area (Å²) in [6.45, 7) is 2.10. The van der Waals surface area contributed by atoms with E-state index in [0.717, 1.165) is 48.7 Å². The summed E-state index contributed by atoms with van der Waals surface area (Å²) in [5, 5.41) is 15.6. The van der Waals surface area contributed by atoms with Gasteiger partial charge in [0.1, 0.15) is 5.69 Å². The smallest absolute Gasteiger partial charge is 0.274 e. The third-order valence-corrected chi connectivity index (χ3v) is 7.19. The first kappa shape index (κ1) is 26.1. The highest BCUT2D eigenvalue weighted by molar-refractivity contribution is 6.05. The van der Waals surface area contributed by atoms with Crippen LogP contribution in [0, 0.1) is 5.92 Å². The van der Waals surface area contributed by atoms with Gasteiger partial charge in [-0.2, -0.15) is 0 Å². The molecule has 0 bridgehead atoms. The zero-order chi connectivity index (χ0) is 27.2. The molecular formula is C31H33N5O3. The molecule has 0 atom stereocenters. The van der Waals surface area contributed by atoms with Crippen LogP contribution >= 0.6 is 0 Å². The predicted octanol–water partition coefficient (Wildman–Crippen LogP) is 5.50. The van der Waals surface area contributed by atoms with Gasteiger partial charge in [-0.3, -0.25) is 9.59 Å². The molecule has 1 aliphatic rings. The lowest BCUT2D eigenvalue weighted by molar-refractivity contribution is 0.0987. The molecule has 1 aliphatic heterocycles. The third-order valence-electron chi connectivity index (χ3n) is 7.19. The Morgan fingerprint density at radius 2 is 1.51 bits per heavy atom. The summed E-state index contributed by atoms with van der Waals surface area (Å²) in [5.74, 6) is 0.135. The highest BCUT2D eigenvalue weighted by atomic mass is 16.3. The number of aromatic amines is 1. The third kappa shape index (κ3) is 6.30. The van der Waals surface area contributed by atoms with Crippen molar-refractivity contribution in [3.63, 3.8) is 0 Å². The summed E-state index contributed by atoms with van der Waals surface area (Å²) in [6, 6.07) is 26.4. The lowest BCUT2D eigenvalue weighted by atomic mass is 9.97. The highest BCUT2D eigenvalue weighted by Crippen LogP contribution is 2.25. The summed E-state index contributed by atoms with van der Waals surface area (Å²) in [6.07, 6.45) is 3.71. The van der Waals surface area contributed by atoms with Crippen molar-refractivity contribution >= 4 is 40.3 Å². The molecule has 1 saturated heterocycles. The zero-order valence-electron chi connectivity index (χ0n) is 21.9. The molecule has 1 fully saturated rings. The quantitative estimate of drug-likeness (QED) is 0.245. The number of benzene rings is 3. The van der Waals surface area contributed by atoms with Gasteiger partial charge in [0, 0.05) is 66.9 Å². The minimum atomic E-state index is -0.158. The number of nitrogens with one attached hydrogen (secondary N) is 3. The van der Waals surface area contributed by atoms with Crippen LogP contribution in [0.15, 0.2) is 91.1 Å². The van der Waals surface area contributed by atoms with Crippen molar-refractivity contribution in [2.24, 2.45) is 5.92 Å². The summed E-state index contributed by atoms with van der Waals surface area (Å²) in [5.41, 5.74) is 5.51. The van der Waals surface area contributed by atoms with E-state index in [1.54, 1.807) is 30.3 Å². The monoisotopic (exact) mass is 523 g/mol. The molecule has 4 aromatic rings. The Hall–Kier alpha value is -4.56. The standard InChI is InChI=1S/C31H33N5O3/c1-35(31(39)29-3-2-18-32-29)27-14-10-25(11-15-27)33-24-6-8-26(9-7-24)34-30(38)23-4-12-28(13-5-23)36-19-16-22(21-37)17-20-36/h2-15,18,22,32-33,37H,16-17,19-21H2,1H3,(H,34,38). The van der Waals surface area contributed by atoms with E-state index in [1.165, 1.54) is 0 Å². The normalized spacial score (nSPS) is 13.6. The molecule has 1 aromatic heterocycles. The number of hydrogen-bond acceptors (Lipinski definition) is 5. The fourth-order valence-electron chi connectivity index (χ4n) is 4.73. The maximum atomic E-state index is 12.8. The number of aromatic nitrogens is 1. The van der Waals surface area contributed by atoms with Crippen LogP contribution < -0.4 is 20.4 Å². The van der Waals surface area contributed by atoms with Gasteiger partial charge in [0.15, 0.2) is 0 Å². The second kappa shape index (κ2) is 11.9. The number of aliphatic hydroxyl groups is 1. The van der Waals surface area contributed by atoms with Crippen molar-refractivity contribution in [3.8, 4) is 0 Å². The molecule has 0 saturated carbocycles. The largest absolute Gasteiger partial charge is 0.396 e. The molecule has 200 valence electrons. The molecule has 0 spiro atoms. The molecule has 0 aliphatic carbocycles. The lowest BCUT2D eigenvalue weighted by Crippen LogP contribution is -2.34. The molecule has 4 N–H and O–H groups in total. The van der Waals surface area contributed by atoms with E-state index >= 15 is 0 Å². The van der Waals surface area contributed by atoms with E-state index < -0.39 is 0 Å². The Kier molecular flexibility index (Phi) is 7.94. The fourth-order valence-corrected chi connectivity index (χ4v) is 4.73. The number of carbonyl (C=O) groups excluding carboxylic acids is 2. The number of anilines is 5. The van der Waals surface area contributed by atoms with Crippen molar-refractivity contribution < 1.29 is 14.7 Å². The first-order valence-corrected chi connectivity index (χ1v) is 13.2. The van der Waals surface area contributed by atoms with Gasteiger partial charge in [0.25, 0.3) is 11.8 Å². The number of hydrogen-bond donors (Lipinski definition) is 4. The highest BCUT2D eigenvalue weighted by Gasteiger charge is 2.19. The van der Waals surface area contributed by atoms with Crippen molar-refractivity contribution in [2.45, 2.75) is 12.8 Å². The van der Waals surface area contributed by atoms with E-state index in [4.69, 9.17) is 0 Å². The maximum absolute atomic E-state index is 12.8. The molecule has 3 aromatic carbocycles. The summed E-state index contributed by atoms with van der Waals surface area (Å²) < 4.78 is 0. The Morgan fingerprint density at radius 3 is 2.10 bits per heavy atom. The van der Waals surface area contributed by atoms with E-state index in [-0.39, 0.29) is 18.4 Å². The predicted molar refractivity (Wildman–Crippen MR) is 156 cm³/mol. The topological polar surface area (TPSA) is 101 Å². The van der Waals surface area contributed by atoms with E-state index in [0.29, 0.717) is 22.9 Å². The average molecular weight is 524 g/mol. The van der Waals surface area contributed by atoms with Crippen molar-refractivity contribution in [3.05, 3.63) is 102 Å². The van der Waals surface area contributed by atoms with Gasteiger partial charge >= 0.3 is 0 Å². The first-order valence-electron chi connectivity index (χ1n) is 13.2. The summed E-state index contributed by atoms with van der Waals surface area (Å²) >= 11 is 0. The van der Waals surface area contributed by atoms with Gasteiger partial charge in [-0.25, -0.2) is 0 Å². The van der Waals surface area contributed by atoms with E-state index in [1.807, 2.05) is 72.8 Å². The number of piperidine rings is 1. The maximum Gasteiger partial charge on any atom is 0.274 e. The van der Waals surface area contributed by atoms with Crippen LogP contribution in [0.3, 0.4) is 0 Å². The molecule has 2 amide bonds. The van der Waals surface area contributed by atoms with Crippen molar-refractivity contribution in [1.82, 2.24) is 4.98 Å². The van der Waals surface area contributed by atoms with Crippen LogP contribution in [0.4, 0.5) is 28.4 Å². The van der Waals surface area contributed by atoms with E-state index in [2.05, 4.69) is 20.5 Å². The Morgan fingerprint density at radius 1 is 0.897 bits per heavy atom. The zero-order valence-corrected chi connectivity index (χ0v) is 21.9. The number of aliphatic hydroxyl groups excluding tert-OH is 1. The van der Waals surface area contributed by atoms with Crippen LogP contribution in [0.25, 0.3) is 0 Å². The SMILES string of the molecule is CN(C(=O)c1ccc[nH]1)c1ccc(Nc2ccc(NC(=O)c3ccc(N4CCC(CO)CC4)cc3)cc2)cc1. The number of carbonyl (C=O) groups is 2. The van der Waals surface area contributed by atoms with Crippen molar-refractivity contribution in [1.29, 1.82) is 0 Å². The van der Waals surface area contributed by atoms with Crippen LogP contribution in [-0.2, 0) is 0 Å². The molecule has 39 heavy (non-hydrogen) atoms. The van der Waals surface area contributed by atoms with Gasteiger partial charge in [0.2, 0.25) is 0 Å². The minimum Gasteiger partial charge on any atom is -0.396 e. The molecule has 5 rings (SSSR count). The minimum absolute atomic E-state index is 0.103. The molecule has 8 nitrogen and oxygen atoms in total. The van der Waals surface area contributed by atoms with Crippen LogP contribution in [0.2, 0.25) is 0 Å². The Labute approximate surface area is 228 Å². The molecule has 8 heteroatoms. The van der Waals surface area contributed by atoms with Gasteiger partial charge in [-0.05, 0) is 104 Å². The Balaban J connectivity index is 1.14. The van der Waals surface area contributed by atoms with Gasteiger partial charge in [-0.1, -0.05) is 0 Å². The average Bonchev–Trinajstić information content (AvgIpc) is 3.53. The van der Waals surface area contributed by atoms with Crippen LogP contribution in [0.5, 0.6) is 0 Å². The number of rotatable bonds is 8. The number of H-pyrrole nitrogens is 1. The van der Waals surface area contributed by atoms with Crippen LogP contribution in [0.1, 0.15) is 33.7 Å². The van der Waals surface area contributed by atoms with Crippen molar-refractivity contribution in [2.75, 3.05) is 47.2 Å². The number of nitrogens with zero attached hydrogens (tertiary/aromatic N) is 2. The summed E-state index contributed by atoms with van der Waals surface area (Å²) in [4.78, 5) is 32.1. The van der Waals surface area contributed by atoms with Gasteiger partial charge in [0.05, 0.1) is 0 Å². The fraction of sp³-hybridized carbons (Fsp3) is 0.226. The lowest BCUT2D eigenvalue weighted by Gasteiger charge is -2.32. The second-order valence-corrected chi connectivity index (χ2v) is 9.81. The number of amides is 2. The van der Waals surface area contributed by atoms with Crippen LogP contribution in [-0.4, -0.2) is 48.6 Å². The van der Waals surface area contributed by atoms with Gasteiger partial charge in [-0.15, -0.1) is 0 Å². The Bertz CT molecular complexity index is 1380. The molecular weight excluding hydrogens is 490 g/mol. The van der Waals surface area contributed by atoms with Gasteiger partial charge < -0.3 is 30.5 Å².